The second kappa shape index (κ2) is 9.95. The molecular weight excluding hydrogens is 425 g/mol. The van der Waals surface area contributed by atoms with E-state index in [-0.39, 0.29) is 46.8 Å². The van der Waals surface area contributed by atoms with Crippen molar-refractivity contribution in [1.82, 2.24) is 0 Å². The summed E-state index contributed by atoms with van der Waals surface area (Å²) in [6, 6.07) is 9.78. The third kappa shape index (κ3) is 4.78. The fourth-order valence-electron chi connectivity index (χ4n) is 2.76. The van der Waals surface area contributed by atoms with E-state index in [0.29, 0.717) is 11.3 Å². The molecule has 160 valence electrons. The zero-order chi connectivity index (χ0) is 22.4. The lowest BCUT2D eigenvalue weighted by atomic mass is 10.1. The average molecular weight is 443 g/mol. The monoisotopic (exact) mass is 443 g/mol. The molecule has 31 heavy (non-hydrogen) atoms. The van der Waals surface area contributed by atoms with E-state index in [0.717, 1.165) is 11.8 Å². The van der Waals surface area contributed by atoms with Crippen molar-refractivity contribution in [2.75, 3.05) is 33.7 Å². The molecule has 8 nitrogen and oxygen atoms in total. The first-order chi connectivity index (χ1) is 15.0. The summed E-state index contributed by atoms with van der Waals surface area (Å²) in [5.74, 6) is -0.429. The molecule has 1 aliphatic rings. The van der Waals surface area contributed by atoms with Gasteiger partial charge in [-0.1, -0.05) is 0 Å². The number of aliphatic imine (C=N–C) groups is 2. The van der Waals surface area contributed by atoms with E-state index in [1.54, 1.807) is 30.5 Å². The molecule has 1 amide bonds. The summed E-state index contributed by atoms with van der Waals surface area (Å²) in [6.07, 6.45) is 0.810. The number of rotatable bonds is 4. The van der Waals surface area contributed by atoms with Crippen LogP contribution in [-0.4, -0.2) is 50.5 Å². The molecule has 2 aromatic rings. The molecule has 0 saturated carbocycles. The van der Waals surface area contributed by atoms with E-state index in [1.807, 2.05) is 6.07 Å². The lowest BCUT2D eigenvalue weighted by molar-refractivity contribution is 0.158. The minimum atomic E-state index is -0.859. The van der Waals surface area contributed by atoms with Crippen LogP contribution in [0.2, 0.25) is 0 Å². The van der Waals surface area contributed by atoms with E-state index in [4.69, 9.17) is 19.5 Å². The van der Waals surface area contributed by atoms with Gasteiger partial charge in [0.05, 0.1) is 31.5 Å². The summed E-state index contributed by atoms with van der Waals surface area (Å²) in [7, 11) is 2.61. The number of nitriles is 1. The fraction of sp³-hybridized carbons (Fsp3) is 0.238. The first-order valence-electron chi connectivity index (χ1n) is 8.98. The second-order valence-corrected chi connectivity index (χ2v) is 6.80. The third-order valence-electron chi connectivity index (χ3n) is 4.19. The standard InChI is InChI=1S/C21H18FN3O5S/c1-27-15-10-14(16(22)19-18(15)29-8-9-30-19)17(20(31-3)25-21(26)28-2)24-13-6-4-12(11-23)5-7-13/h4-7,10H,8-9H2,1-3H3/b24-17+,25-20-. The van der Waals surface area contributed by atoms with Gasteiger partial charge in [-0.15, -0.1) is 11.8 Å². The SMILES string of the molecule is COC(=O)/N=C(SC)/C(=N/c1ccc(C#N)cc1)c1cc(OC)c2c(c1F)OCCO2. The maximum atomic E-state index is 15.5. The molecule has 3 rings (SSSR count). The Morgan fingerprint density at radius 1 is 1.19 bits per heavy atom. The number of fused-ring (bicyclic) bond motifs is 1. The molecule has 0 fully saturated rings. The highest BCUT2D eigenvalue weighted by Gasteiger charge is 2.28. The van der Waals surface area contributed by atoms with Gasteiger partial charge in [-0.2, -0.15) is 10.3 Å². The van der Waals surface area contributed by atoms with E-state index in [9.17, 15) is 4.79 Å². The summed E-state index contributed by atoms with van der Waals surface area (Å²) in [6.45, 7) is 0.429. The first-order valence-corrected chi connectivity index (χ1v) is 10.2. The first kappa shape index (κ1) is 22.1. The van der Waals surface area contributed by atoms with Crippen LogP contribution < -0.4 is 14.2 Å². The van der Waals surface area contributed by atoms with Crippen molar-refractivity contribution in [3.8, 4) is 23.3 Å². The third-order valence-corrected chi connectivity index (χ3v) is 4.86. The van der Waals surface area contributed by atoms with Gasteiger partial charge in [0.15, 0.2) is 11.6 Å². The van der Waals surface area contributed by atoms with Gasteiger partial charge in [0, 0.05) is 5.56 Å². The lowest BCUT2D eigenvalue weighted by Gasteiger charge is -2.22. The number of ether oxygens (including phenoxy) is 4. The predicted octanol–water partition coefficient (Wildman–Crippen LogP) is 4.13. The van der Waals surface area contributed by atoms with E-state index < -0.39 is 11.9 Å². The van der Waals surface area contributed by atoms with Gasteiger partial charge in [-0.05, 0) is 36.6 Å². The van der Waals surface area contributed by atoms with Crippen LogP contribution in [0.25, 0.3) is 0 Å². The van der Waals surface area contributed by atoms with Gasteiger partial charge in [0.1, 0.15) is 24.0 Å². The Labute approximate surface area is 182 Å². The number of benzene rings is 2. The zero-order valence-electron chi connectivity index (χ0n) is 17.0. The maximum absolute atomic E-state index is 15.5. The highest BCUT2D eigenvalue weighted by molar-refractivity contribution is 8.15. The van der Waals surface area contributed by atoms with Crippen LogP contribution in [0.15, 0.2) is 40.3 Å². The van der Waals surface area contributed by atoms with Gasteiger partial charge >= 0.3 is 6.09 Å². The van der Waals surface area contributed by atoms with Crippen LogP contribution in [0.4, 0.5) is 14.9 Å². The summed E-state index contributed by atoms with van der Waals surface area (Å²) >= 11 is 1.09. The fourth-order valence-corrected chi connectivity index (χ4v) is 3.27. The Hall–Kier alpha value is -3.58. The van der Waals surface area contributed by atoms with Crippen LogP contribution in [0.5, 0.6) is 17.2 Å². The number of amides is 1. The number of hydrogen-bond donors (Lipinski definition) is 0. The number of hydrogen-bond acceptors (Lipinski definition) is 8. The zero-order valence-corrected chi connectivity index (χ0v) is 17.8. The molecule has 0 bridgehead atoms. The Morgan fingerprint density at radius 2 is 1.87 bits per heavy atom. The largest absolute Gasteiger partial charge is 0.493 e. The number of thioether (sulfide) groups is 1. The van der Waals surface area contributed by atoms with Crippen molar-refractivity contribution < 1.29 is 28.1 Å². The van der Waals surface area contributed by atoms with Crippen molar-refractivity contribution in [2.45, 2.75) is 0 Å². The molecule has 0 aliphatic carbocycles. The topological polar surface area (TPSA) is 103 Å². The van der Waals surface area contributed by atoms with Gasteiger partial charge in [0.25, 0.3) is 0 Å². The average Bonchev–Trinajstić information content (AvgIpc) is 2.82. The van der Waals surface area contributed by atoms with Gasteiger partial charge in [-0.25, -0.2) is 14.2 Å². The highest BCUT2D eigenvalue weighted by Crippen LogP contribution is 2.43. The lowest BCUT2D eigenvalue weighted by Crippen LogP contribution is -2.21. The van der Waals surface area contributed by atoms with Crippen LogP contribution >= 0.6 is 11.8 Å². The van der Waals surface area contributed by atoms with Gasteiger partial charge < -0.3 is 18.9 Å². The molecule has 10 heteroatoms. The molecule has 2 aromatic carbocycles. The van der Waals surface area contributed by atoms with Crippen molar-refractivity contribution in [3.05, 3.63) is 47.3 Å². The Bertz CT molecular complexity index is 1090. The normalized spacial score (nSPS) is 13.4. The molecule has 0 atom stereocenters. The summed E-state index contributed by atoms with van der Waals surface area (Å²) in [4.78, 5) is 20.2. The number of carbonyl (C=O) groups excluding carboxylic acids is 1. The van der Waals surface area contributed by atoms with E-state index in [2.05, 4.69) is 14.7 Å². The minimum Gasteiger partial charge on any atom is -0.493 e. The molecule has 1 heterocycles. The quantitative estimate of drug-likeness (QED) is 0.517. The molecule has 1 aliphatic heterocycles. The number of carbonyl (C=O) groups is 1. The van der Waals surface area contributed by atoms with Gasteiger partial charge in [0.2, 0.25) is 11.5 Å². The van der Waals surface area contributed by atoms with Crippen molar-refractivity contribution in [1.29, 1.82) is 5.26 Å². The van der Waals surface area contributed by atoms with Crippen LogP contribution in [0.1, 0.15) is 11.1 Å². The molecule has 0 saturated heterocycles. The second-order valence-electron chi connectivity index (χ2n) is 6.01. The van der Waals surface area contributed by atoms with Crippen LogP contribution in [-0.2, 0) is 4.74 Å². The predicted molar refractivity (Wildman–Crippen MR) is 115 cm³/mol. The summed E-state index contributed by atoms with van der Waals surface area (Å²) < 4.78 is 36.4. The Kier molecular flexibility index (Phi) is 7.10. The highest BCUT2D eigenvalue weighted by atomic mass is 32.2. The Balaban J connectivity index is 2.25. The van der Waals surface area contributed by atoms with E-state index in [1.165, 1.54) is 20.3 Å². The number of nitrogens with zero attached hydrogens (tertiary/aromatic N) is 3. The number of halogens is 1. The molecule has 0 radical (unpaired) electrons. The molecule has 0 aromatic heterocycles. The van der Waals surface area contributed by atoms with Crippen LogP contribution in [0.3, 0.4) is 0 Å². The summed E-state index contributed by atoms with van der Waals surface area (Å²) in [5, 5.41) is 9.12. The molecule has 0 N–H and O–H groups in total. The molecular formula is C21H18FN3O5S. The van der Waals surface area contributed by atoms with Crippen molar-refractivity contribution in [2.24, 2.45) is 9.98 Å². The smallest absolute Gasteiger partial charge is 0.434 e. The number of methoxy groups -OCH3 is 2. The minimum absolute atomic E-state index is 0.00228. The molecule has 0 unspecified atom stereocenters. The van der Waals surface area contributed by atoms with Crippen LogP contribution in [0, 0.1) is 17.1 Å². The maximum Gasteiger partial charge on any atom is 0.434 e. The van der Waals surface area contributed by atoms with Crippen molar-refractivity contribution >= 4 is 34.3 Å². The summed E-state index contributed by atoms with van der Waals surface area (Å²) in [5.41, 5.74) is 0.938. The molecule has 0 spiro atoms. The van der Waals surface area contributed by atoms with Gasteiger partial charge in [-0.3, -0.25) is 0 Å². The van der Waals surface area contributed by atoms with Crippen molar-refractivity contribution in [3.63, 3.8) is 0 Å². The Morgan fingerprint density at radius 3 is 2.45 bits per heavy atom. The van der Waals surface area contributed by atoms with E-state index >= 15 is 4.39 Å².